The van der Waals surface area contributed by atoms with Crippen molar-refractivity contribution in [1.82, 2.24) is 4.98 Å². The van der Waals surface area contributed by atoms with Gasteiger partial charge in [-0.25, -0.2) is 0 Å². The van der Waals surface area contributed by atoms with Gasteiger partial charge in [-0.2, -0.15) is 0 Å². The van der Waals surface area contributed by atoms with Crippen molar-refractivity contribution >= 4 is 0 Å². The Kier molecular flexibility index (Phi) is 3.05. The summed E-state index contributed by atoms with van der Waals surface area (Å²) in [4.78, 5) is 4.00. The van der Waals surface area contributed by atoms with Gasteiger partial charge < -0.3 is 5.73 Å². The largest absolute Gasteiger partial charge is 0.316 e. The zero-order chi connectivity index (χ0) is 9.73. The lowest BCUT2D eigenvalue weighted by Crippen LogP contribution is -2.29. The zero-order valence-corrected chi connectivity index (χ0v) is 8.04. The highest BCUT2D eigenvalue weighted by atomic mass is 14.7. The normalized spacial score (nSPS) is 10.4. The molecule has 0 aromatic carbocycles. The minimum Gasteiger partial charge on any atom is -0.316 e. The molecule has 0 spiro atoms. The fraction of sp³-hybridized carbons (Fsp3) is 0.364. The highest BCUT2D eigenvalue weighted by molar-refractivity contribution is 5.20. The van der Waals surface area contributed by atoms with Crippen molar-refractivity contribution in [3.05, 3.63) is 30.1 Å². The molecule has 2 heteroatoms. The van der Waals surface area contributed by atoms with Crippen LogP contribution in [-0.4, -0.2) is 10.5 Å². The topological polar surface area (TPSA) is 38.9 Å². The molecule has 0 unspecified atom stereocenters. The molecule has 1 heterocycles. The molecule has 2 N–H and O–H groups in total. The first-order chi connectivity index (χ1) is 6.08. The number of nitrogens with zero attached hydrogens (tertiary/aromatic N) is 1. The summed E-state index contributed by atoms with van der Waals surface area (Å²) >= 11 is 0. The Morgan fingerprint density at radius 2 is 2.31 bits per heavy atom. The van der Waals surface area contributed by atoms with E-state index < -0.39 is 5.54 Å². The van der Waals surface area contributed by atoms with Gasteiger partial charge in [-0.1, -0.05) is 17.9 Å². The van der Waals surface area contributed by atoms with Crippen LogP contribution < -0.4 is 5.73 Å². The van der Waals surface area contributed by atoms with E-state index in [1.54, 1.807) is 6.20 Å². The van der Waals surface area contributed by atoms with Gasteiger partial charge >= 0.3 is 0 Å². The molecule has 0 fully saturated rings. The predicted molar refractivity (Wildman–Crippen MR) is 54.0 cm³/mol. The van der Waals surface area contributed by atoms with Gasteiger partial charge in [0.2, 0.25) is 0 Å². The molecule has 0 atom stereocenters. The average molecular weight is 174 g/mol. The molecule has 0 radical (unpaired) electrons. The SMILES string of the molecule is CC(C)(N)C#CCc1cccnc1. The van der Waals surface area contributed by atoms with Crippen molar-refractivity contribution in [3.63, 3.8) is 0 Å². The summed E-state index contributed by atoms with van der Waals surface area (Å²) in [6.07, 6.45) is 4.29. The van der Waals surface area contributed by atoms with Gasteiger partial charge in [0.25, 0.3) is 0 Å². The van der Waals surface area contributed by atoms with E-state index in [0.29, 0.717) is 6.42 Å². The van der Waals surface area contributed by atoms with Crippen molar-refractivity contribution < 1.29 is 0 Å². The number of hydrogen-bond acceptors (Lipinski definition) is 2. The maximum atomic E-state index is 5.71. The van der Waals surface area contributed by atoms with Crippen LogP contribution in [0, 0.1) is 11.8 Å². The second-order valence-corrected chi connectivity index (χ2v) is 3.56. The van der Waals surface area contributed by atoms with Crippen LogP contribution in [0.1, 0.15) is 19.4 Å². The zero-order valence-electron chi connectivity index (χ0n) is 8.04. The molecule has 0 aliphatic carbocycles. The van der Waals surface area contributed by atoms with Crippen LogP contribution in [0.4, 0.5) is 0 Å². The highest BCUT2D eigenvalue weighted by Crippen LogP contribution is 1.97. The number of rotatable bonds is 1. The molecule has 0 bridgehead atoms. The summed E-state index contributed by atoms with van der Waals surface area (Å²) in [6, 6.07) is 3.91. The third kappa shape index (κ3) is 4.29. The summed E-state index contributed by atoms with van der Waals surface area (Å²) in [5.74, 6) is 6.00. The molecule has 0 amide bonds. The Morgan fingerprint density at radius 1 is 1.54 bits per heavy atom. The van der Waals surface area contributed by atoms with Crippen LogP contribution in [0.5, 0.6) is 0 Å². The molecule has 1 aromatic rings. The Hall–Kier alpha value is -1.33. The molecular formula is C11H14N2. The van der Waals surface area contributed by atoms with Gasteiger partial charge in [-0.05, 0) is 25.5 Å². The molecule has 13 heavy (non-hydrogen) atoms. The van der Waals surface area contributed by atoms with Crippen LogP contribution in [0.2, 0.25) is 0 Å². The average Bonchev–Trinajstić information content (AvgIpc) is 2.04. The smallest absolute Gasteiger partial charge is 0.0719 e. The monoisotopic (exact) mass is 174 g/mol. The predicted octanol–water partition coefficient (Wildman–Crippen LogP) is 1.36. The second kappa shape index (κ2) is 4.06. The minimum absolute atomic E-state index is 0.401. The first-order valence-electron chi connectivity index (χ1n) is 4.26. The number of hydrogen-bond donors (Lipinski definition) is 1. The summed E-state index contributed by atoms with van der Waals surface area (Å²) in [5.41, 5.74) is 6.43. The van der Waals surface area contributed by atoms with E-state index in [0.717, 1.165) is 5.56 Å². The van der Waals surface area contributed by atoms with Gasteiger partial charge in [0.15, 0.2) is 0 Å². The first kappa shape index (κ1) is 9.76. The van der Waals surface area contributed by atoms with Crippen LogP contribution in [0.25, 0.3) is 0 Å². The molecule has 2 nitrogen and oxygen atoms in total. The van der Waals surface area contributed by atoms with Crippen LogP contribution >= 0.6 is 0 Å². The fourth-order valence-electron chi connectivity index (χ4n) is 0.877. The number of nitrogens with two attached hydrogens (primary N) is 1. The van der Waals surface area contributed by atoms with Crippen molar-refractivity contribution in [2.45, 2.75) is 25.8 Å². The van der Waals surface area contributed by atoms with Gasteiger partial charge in [-0.15, -0.1) is 0 Å². The van der Waals surface area contributed by atoms with Crippen LogP contribution in [0.15, 0.2) is 24.5 Å². The van der Waals surface area contributed by atoms with E-state index in [2.05, 4.69) is 16.8 Å². The maximum absolute atomic E-state index is 5.71. The van der Waals surface area contributed by atoms with E-state index in [9.17, 15) is 0 Å². The molecule has 68 valence electrons. The van der Waals surface area contributed by atoms with Crippen molar-refractivity contribution in [2.75, 3.05) is 0 Å². The van der Waals surface area contributed by atoms with Crippen molar-refractivity contribution in [2.24, 2.45) is 5.73 Å². The molecule has 0 saturated heterocycles. The van der Waals surface area contributed by atoms with E-state index in [-0.39, 0.29) is 0 Å². The summed E-state index contributed by atoms with van der Waals surface area (Å²) < 4.78 is 0. The maximum Gasteiger partial charge on any atom is 0.0719 e. The van der Waals surface area contributed by atoms with Crippen molar-refractivity contribution in [1.29, 1.82) is 0 Å². The molecule has 0 aliphatic rings. The Morgan fingerprint density at radius 3 is 2.85 bits per heavy atom. The molecular weight excluding hydrogens is 160 g/mol. The standard InChI is InChI=1S/C11H14N2/c1-11(2,12)7-3-5-10-6-4-8-13-9-10/h4,6,8-9H,5,12H2,1-2H3. The van der Waals surface area contributed by atoms with E-state index in [1.807, 2.05) is 32.2 Å². The Bertz CT molecular complexity index is 311. The van der Waals surface area contributed by atoms with Gasteiger partial charge in [0.05, 0.1) is 5.54 Å². The van der Waals surface area contributed by atoms with Gasteiger partial charge in [-0.3, -0.25) is 4.98 Å². The minimum atomic E-state index is -0.401. The second-order valence-electron chi connectivity index (χ2n) is 3.56. The summed E-state index contributed by atoms with van der Waals surface area (Å²) in [5, 5.41) is 0. The quantitative estimate of drug-likeness (QED) is 0.653. The Labute approximate surface area is 79.2 Å². The lowest BCUT2D eigenvalue weighted by molar-refractivity contribution is 0.680. The summed E-state index contributed by atoms with van der Waals surface area (Å²) in [7, 11) is 0. The fourth-order valence-corrected chi connectivity index (χ4v) is 0.877. The van der Waals surface area contributed by atoms with Crippen molar-refractivity contribution in [3.8, 4) is 11.8 Å². The third-order valence-electron chi connectivity index (χ3n) is 1.43. The third-order valence-corrected chi connectivity index (χ3v) is 1.43. The number of pyridine rings is 1. The van der Waals surface area contributed by atoms with Gasteiger partial charge in [0.1, 0.15) is 0 Å². The number of aromatic nitrogens is 1. The first-order valence-corrected chi connectivity index (χ1v) is 4.26. The lowest BCUT2D eigenvalue weighted by Gasteiger charge is -2.07. The van der Waals surface area contributed by atoms with Crippen LogP contribution in [0.3, 0.4) is 0 Å². The molecule has 1 aromatic heterocycles. The highest BCUT2D eigenvalue weighted by Gasteiger charge is 2.02. The molecule has 0 saturated carbocycles. The Balaban J connectivity index is 2.56. The van der Waals surface area contributed by atoms with Gasteiger partial charge in [0, 0.05) is 18.8 Å². The van der Waals surface area contributed by atoms with Crippen LogP contribution in [-0.2, 0) is 6.42 Å². The molecule has 1 rings (SSSR count). The summed E-state index contributed by atoms with van der Waals surface area (Å²) in [6.45, 7) is 3.78. The molecule has 0 aliphatic heterocycles. The van der Waals surface area contributed by atoms with E-state index >= 15 is 0 Å². The van der Waals surface area contributed by atoms with E-state index in [4.69, 9.17) is 5.73 Å². The van der Waals surface area contributed by atoms with E-state index in [1.165, 1.54) is 0 Å². The lowest BCUT2D eigenvalue weighted by atomic mass is 10.1.